The van der Waals surface area contributed by atoms with Crippen LogP contribution in [-0.4, -0.2) is 20.6 Å². The van der Waals surface area contributed by atoms with Gasteiger partial charge in [0.05, 0.1) is 5.39 Å². The van der Waals surface area contributed by atoms with Gasteiger partial charge in [0, 0.05) is 21.3 Å². The van der Waals surface area contributed by atoms with Crippen molar-refractivity contribution in [1.29, 1.82) is 0 Å². The standard InChI is InChI=1S/C19H19BrN2O3S/c1-5-13-21-16-15(17(23)22(13)19(3,4)18(24)25)14(10(2)26-16)11-6-8-12(20)9-7-11/h6-9H,5H2,1-4H3,(H,24,25). The van der Waals surface area contributed by atoms with E-state index in [4.69, 9.17) is 0 Å². The Hall–Kier alpha value is -1.99. The van der Waals surface area contributed by atoms with Crippen LogP contribution >= 0.6 is 27.3 Å². The Kier molecular flexibility index (Phi) is 4.79. The molecule has 7 heteroatoms. The molecule has 0 atom stereocenters. The number of rotatable bonds is 4. The molecule has 2 aromatic heterocycles. The molecule has 0 aliphatic heterocycles. The maximum absolute atomic E-state index is 13.4. The molecule has 1 N–H and O–H groups in total. The van der Waals surface area contributed by atoms with Crippen molar-refractivity contribution in [1.82, 2.24) is 9.55 Å². The average molecular weight is 435 g/mol. The minimum Gasteiger partial charge on any atom is -0.480 e. The second-order valence-electron chi connectivity index (χ2n) is 6.61. The van der Waals surface area contributed by atoms with Crippen molar-refractivity contribution in [2.75, 3.05) is 0 Å². The summed E-state index contributed by atoms with van der Waals surface area (Å²) >= 11 is 4.89. The fraction of sp³-hybridized carbons (Fsp3) is 0.316. The van der Waals surface area contributed by atoms with Crippen LogP contribution in [0.4, 0.5) is 0 Å². The first-order valence-corrected chi connectivity index (χ1v) is 9.84. The number of fused-ring (bicyclic) bond motifs is 1. The van der Waals surface area contributed by atoms with Crippen LogP contribution in [0.15, 0.2) is 33.5 Å². The minimum absolute atomic E-state index is 0.304. The highest BCUT2D eigenvalue weighted by atomic mass is 79.9. The smallest absolute Gasteiger partial charge is 0.329 e. The number of aryl methyl sites for hydroxylation is 2. The highest BCUT2D eigenvalue weighted by molar-refractivity contribution is 9.10. The maximum atomic E-state index is 13.4. The quantitative estimate of drug-likeness (QED) is 0.651. The zero-order valence-corrected chi connectivity index (χ0v) is 17.4. The van der Waals surface area contributed by atoms with E-state index in [1.54, 1.807) is 0 Å². The summed E-state index contributed by atoms with van der Waals surface area (Å²) in [5.41, 5.74) is 0.0603. The first-order valence-electron chi connectivity index (χ1n) is 8.23. The number of benzene rings is 1. The highest BCUT2D eigenvalue weighted by Gasteiger charge is 2.34. The first kappa shape index (κ1) is 18.8. The summed E-state index contributed by atoms with van der Waals surface area (Å²) in [6.07, 6.45) is 0.479. The van der Waals surface area contributed by atoms with Gasteiger partial charge in [-0.15, -0.1) is 11.3 Å². The zero-order valence-electron chi connectivity index (χ0n) is 15.0. The first-order chi connectivity index (χ1) is 12.2. The molecule has 0 fully saturated rings. The van der Waals surface area contributed by atoms with Gasteiger partial charge >= 0.3 is 5.97 Å². The summed E-state index contributed by atoms with van der Waals surface area (Å²) in [5, 5.41) is 10.1. The number of thiophene rings is 1. The van der Waals surface area contributed by atoms with E-state index in [9.17, 15) is 14.7 Å². The van der Waals surface area contributed by atoms with Gasteiger partial charge in [0.15, 0.2) is 0 Å². The number of carboxylic acids is 1. The third kappa shape index (κ3) is 2.89. The van der Waals surface area contributed by atoms with Crippen LogP contribution in [0.25, 0.3) is 21.3 Å². The van der Waals surface area contributed by atoms with Crippen LogP contribution in [0, 0.1) is 6.92 Å². The third-order valence-corrected chi connectivity index (χ3v) is 6.03. The van der Waals surface area contributed by atoms with Crippen LogP contribution < -0.4 is 5.56 Å². The van der Waals surface area contributed by atoms with Gasteiger partial charge in [0.25, 0.3) is 5.56 Å². The lowest BCUT2D eigenvalue weighted by molar-refractivity contribution is -0.146. The lowest BCUT2D eigenvalue weighted by Crippen LogP contribution is -2.44. The Morgan fingerprint density at radius 1 is 1.31 bits per heavy atom. The summed E-state index contributed by atoms with van der Waals surface area (Å²) in [4.78, 5) is 31.5. The van der Waals surface area contributed by atoms with E-state index >= 15 is 0 Å². The molecule has 0 aliphatic rings. The lowest BCUT2D eigenvalue weighted by Gasteiger charge is -2.25. The van der Waals surface area contributed by atoms with Crippen molar-refractivity contribution < 1.29 is 9.90 Å². The minimum atomic E-state index is -1.38. The van der Waals surface area contributed by atoms with Crippen molar-refractivity contribution in [3.8, 4) is 11.1 Å². The number of aromatic nitrogens is 2. The van der Waals surface area contributed by atoms with E-state index in [1.807, 2.05) is 38.1 Å². The predicted octanol–water partition coefficient (Wildman–Crippen LogP) is 4.58. The van der Waals surface area contributed by atoms with E-state index in [-0.39, 0.29) is 5.56 Å². The summed E-state index contributed by atoms with van der Waals surface area (Å²) < 4.78 is 2.28. The Bertz CT molecular complexity index is 1070. The molecule has 5 nitrogen and oxygen atoms in total. The molecule has 1 aromatic carbocycles. The SMILES string of the molecule is CCc1nc2sc(C)c(-c3ccc(Br)cc3)c2c(=O)n1C(C)(C)C(=O)O. The number of carbonyl (C=O) groups is 1. The number of aliphatic carboxylic acids is 1. The van der Waals surface area contributed by atoms with Gasteiger partial charge < -0.3 is 5.11 Å². The van der Waals surface area contributed by atoms with Gasteiger partial charge in [-0.2, -0.15) is 0 Å². The molecule has 0 unspecified atom stereocenters. The van der Waals surface area contributed by atoms with Crippen molar-refractivity contribution in [3.05, 3.63) is 49.8 Å². The molecule has 136 valence electrons. The molecular formula is C19H19BrN2O3S. The van der Waals surface area contributed by atoms with Crippen molar-refractivity contribution in [2.24, 2.45) is 0 Å². The second-order valence-corrected chi connectivity index (χ2v) is 8.73. The fourth-order valence-corrected chi connectivity index (χ4v) is 4.40. The predicted molar refractivity (Wildman–Crippen MR) is 108 cm³/mol. The van der Waals surface area contributed by atoms with Gasteiger partial charge in [-0.1, -0.05) is 35.0 Å². The molecule has 26 heavy (non-hydrogen) atoms. The second kappa shape index (κ2) is 6.63. The normalized spacial score (nSPS) is 11.9. The molecule has 0 saturated heterocycles. The number of hydrogen-bond donors (Lipinski definition) is 1. The topological polar surface area (TPSA) is 72.2 Å². The lowest BCUT2D eigenvalue weighted by atomic mass is 10.0. The number of halogens is 1. The summed E-state index contributed by atoms with van der Waals surface area (Å²) in [5.74, 6) is -0.578. The van der Waals surface area contributed by atoms with Gasteiger partial charge in [0.2, 0.25) is 0 Å². The van der Waals surface area contributed by atoms with Crippen LogP contribution in [0.1, 0.15) is 31.5 Å². The van der Waals surface area contributed by atoms with E-state index in [0.29, 0.717) is 22.5 Å². The molecule has 2 heterocycles. The van der Waals surface area contributed by atoms with Gasteiger partial charge in [-0.05, 0) is 38.5 Å². The van der Waals surface area contributed by atoms with Crippen molar-refractivity contribution >= 4 is 43.5 Å². The van der Waals surface area contributed by atoms with Gasteiger partial charge in [-0.25, -0.2) is 9.78 Å². The number of nitrogens with zero attached hydrogens (tertiary/aromatic N) is 2. The fourth-order valence-electron chi connectivity index (χ4n) is 3.08. The van der Waals surface area contributed by atoms with Crippen LogP contribution in [0.5, 0.6) is 0 Å². The third-order valence-electron chi connectivity index (χ3n) is 4.50. The summed E-state index contributed by atoms with van der Waals surface area (Å²) in [7, 11) is 0. The molecule has 0 amide bonds. The van der Waals surface area contributed by atoms with Gasteiger partial charge in [0.1, 0.15) is 16.2 Å². The van der Waals surface area contributed by atoms with E-state index in [2.05, 4.69) is 20.9 Å². The number of carboxylic acid groups (broad SMARTS) is 1. The molecule has 3 aromatic rings. The largest absolute Gasteiger partial charge is 0.480 e. The summed E-state index contributed by atoms with van der Waals surface area (Å²) in [6.45, 7) is 6.89. The van der Waals surface area contributed by atoms with Crippen LogP contribution in [-0.2, 0) is 16.8 Å². The van der Waals surface area contributed by atoms with E-state index in [0.717, 1.165) is 20.5 Å². The zero-order chi connectivity index (χ0) is 19.2. The molecule has 0 radical (unpaired) electrons. The monoisotopic (exact) mass is 434 g/mol. The van der Waals surface area contributed by atoms with E-state index < -0.39 is 11.5 Å². The Morgan fingerprint density at radius 2 is 1.92 bits per heavy atom. The van der Waals surface area contributed by atoms with E-state index in [1.165, 1.54) is 29.8 Å². The molecular weight excluding hydrogens is 416 g/mol. The molecule has 0 bridgehead atoms. The molecule has 0 spiro atoms. The Morgan fingerprint density at radius 3 is 2.46 bits per heavy atom. The average Bonchev–Trinajstić information content (AvgIpc) is 2.91. The van der Waals surface area contributed by atoms with Crippen molar-refractivity contribution in [2.45, 2.75) is 39.7 Å². The van der Waals surface area contributed by atoms with Crippen molar-refractivity contribution in [3.63, 3.8) is 0 Å². The molecule has 3 rings (SSSR count). The Labute approximate surface area is 163 Å². The highest BCUT2D eigenvalue weighted by Crippen LogP contribution is 2.36. The molecule has 0 aliphatic carbocycles. The van der Waals surface area contributed by atoms with Crippen LogP contribution in [0.2, 0.25) is 0 Å². The number of hydrogen-bond acceptors (Lipinski definition) is 4. The van der Waals surface area contributed by atoms with Crippen LogP contribution in [0.3, 0.4) is 0 Å². The van der Waals surface area contributed by atoms with Gasteiger partial charge in [-0.3, -0.25) is 9.36 Å². The molecule has 0 saturated carbocycles. The maximum Gasteiger partial charge on any atom is 0.329 e. The Balaban J connectivity index is 2.44. The summed E-state index contributed by atoms with van der Waals surface area (Å²) in [6, 6.07) is 7.73.